The zero-order valence-electron chi connectivity index (χ0n) is 52.7. The highest BCUT2D eigenvalue weighted by molar-refractivity contribution is 7.45. The molecule has 0 spiro atoms. The van der Waals surface area contributed by atoms with E-state index in [2.05, 4.69) is 116 Å². The van der Waals surface area contributed by atoms with Crippen LogP contribution in [0.25, 0.3) is 0 Å². The first-order valence-electron chi connectivity index (χ1n) is 33.2. The van der Waals surface area contributed by atoms with Gasteiger partial charge in [-0.3, -0.25) is 9.36 Å². The molecule has 0 aromatic carbocycles. The van der Waals surface area contributed by atoms with E-state index in [-0.39, 0.29) is 12.5 Å². The lowest BCUT2D eigenvalue weighted by Gasteiger charge is -2.29. The fourth-order valence-electron chi connectivity index (χ4n) is 9.31. The van der Waals surface area contributed by atoms with Crippen LogP contribution in [0.15, 0.2) is 109 Å². The van der Waals surface area contributed by atoms with Gasteiger partial charge in [-0.1, -0.05) is 290 Å². The van der Waals surface area contributed by atoms with Crippen molar-refractivity contribution in [1.29, 1.82) is 0 Å². The summed E-state index contributed by atoms with van der Waals surface area (Å²) in [6.07, 6.45) is 89.1. The molecule has 9 heteroatoms. The Bertz CT molecular complexity index is 1670. The van der Waals surface area contributed by atoms with E-state index < -0.39 is 26.6 Å². The van der Waals surface area contributed by atoms with E-state index in [1.54, 1.807) is 6.08 Å². The predicted molar refractivity (Wildman–Crippen MR) is 348 cm³/mol. The number of allylic oxidation sites excluding steroid dienone is 17. The molecule has 1 amide bonds. The van der Waals surface area contributed by atoms with Crippen LogP contribution in [-0.2, 0) is 18.4 Å². The molecule has 0 aromatic rings. The highest BCUT2D eigenvalue weighted by atomic mass is 31.2. The smallest absolute Gasteiger partial charge is 0.268 e. The number of amides is 1. The number of phosphoric ester groups is 1. The molecule has 0 fully saturated rings. The number of aliphatic hydroxyl groups is 1. The molecule has 0 aliphatic heterocycles. The van der Waals surface area contributed by atoms with Gasteiger partial charge < -0.3 is 28.8 Å². The third-order valence-corrected chi connectivity index (χ3v) is 15.4. The molecule has 3 unspecified atom stereocenters. The fourth-order valence-corrected chi connectivity index (χ4v) is 10.0. The second-order valence-corrected chi connectivity index (χ2v) is 24.8. The molecular weight excluding hydrogens is 1010 g/mol. The van der Waals surface area contributed by atoms with Crippen molar-refractivity contribution >= 4 is 13.7 Å². The summed E-state index contributed by atoms with van der Waals surface area (Å²) >= 11 is 0. The SMILES string of the molecule is CC/C=C\C/C=C\C/C=C\C/C=C\C/C=C\C/C=C\CCCCCCCCCCCCCCCCCCC(=O)NC(COP(=O)([O-])OCC[N+](C)(C)C)C(O)/C=C/CC/C=C/CC/C=C/CCCCCCCCCCCCCCC. The van der Waals surface area contributed by atoms with Crippen molar-refractivity contribution in [2.24, 2.45) is 0 Å². The number of hydrogen-bond acceptors (Lipinski definition) is 6. The molecule has 8 nitrogen and oxygen atoms in total. The number of carbonyl (C=O) groups is 1. The Morgan fingerprint density at radius 1 is 0.450 bits per heavy atom. The van der Waals surface area contributed by atoms with Crippen LogP contribution in [0.5, 0.6) is 0 Å². The molecule has 0 bridgehead atoms. The maximum atomic E-state index is 13.0. The number of quaternary nitrogens is 1. The van der Waals surface area contributed by atoms with Gasteiger partial charge in [-0.2, -0.15) is 0 Å². The van der Waals surface area contributed by atoms with E-state index in [1.165, 1.54) is 180 Å². The van der Waals surface area contributed by atoms with Gasteiger partial charge in [0.2, 0.25) is 5.91 Å². The number of unbranched alkanes of at least 4 members (excludes halogenated alkanes) is 31. The zero-order valence-corrected chi connectivity index (χ0v) is 53.6. The minimum atomic E-state index is -4.62. The number of likely N-dealkylation sites (N-methyl/N-ethyl adjacent to an activating group) is 1. The standard InChI is InChI=1S/C71H127N2O6P/c1-6-8-10-12-14-16-18-20-22-24-26-28-30-31-32-33-34-35-36-37-38-39-40-41-43-45-47-49-51-53-55-57-59-61-63-65-71(75)72-69(68-79-80(76,77)78-67-66-73(3,4)5)70(74)64-62-60-58-56-54-52-50-48-46-44-42-29-27-25-23-21-19-17-15-13-11-9-7-2/h8,10,14,16,20,22,26,28,31-32,34-35,46,48,54,56,62,64,69-70,74H,6-7,9,11-13,15,17-19,21,23-25,27,29-30,33,36-45,47,49-53,55,57-61,63,65-68H2,1-5H3,(H-,72,75,76,77)/b10-8-,16-14-,22-20-,28-26-,32-31-,35-34-,48-46+,56-54+,64-62+. The molecule has 0 rings (SSSR count). The van der Waals surface area contributed by atoms with Crippen molar-refractivity contribution in [3.8, 4) is 0 Å². The number of nitrogens with one attached hydrogen (secondary N) is 1. The van der Waals surface area contributed by atoms with Crippen molar-refractivity contribution in [1.82, 2.24) is 5.32 Å². The van der Waals surface area contributed by atoms with Crippen molar-refractivity contribution in [2.45, 2.75) is 296 Å². The minimum Gasteiger partial charge on any atom is -0.756 e. The molecular formula is C71H127N2O6P. The highest BCUT2D eigenvalue weighted by Crippen LogP contribution is 2.38. The summed E-state index contributed by atoms with van der Waals surface area (Å²) < 4.78 is 23.4. The van der Waals surface area contributed by atoms with Crippen LogP contribution in [-0.4, -0.2) is 68.5 Å². The summed E-state index contributed by atoms with van der Waals surface area (Å²) in [5, 5.41) is 13.9. The first-order chi connectivity index (χ1) is 39.0. The first-order valence-corrected chi connectivity index (χ1v) is 34.7. The molecule has 0 aliphatic carbocycles. The van der Waals surface area contributed by atoms with Gasteiger partial charge in [-0.25, -0.2) is 0 Å². The van der Waals surface area contributed by atoms with Crippen LogP contribution < -0.4 is 10.2 Å². The van der Waals surface area contributed by atoms with Crippen LogP contribution in [0.4, 0.5) is 0 Å². The number of phosphoric acid groups is 1. The monoisotopic (exact) mass is 1130 g/mol. The number of carbonyl (C=O) groups excluding carboxylic acids is 1. The van der Waals surface area contributed by atoms with Gasteiger partial charge in [0.25, 0.3) is 7.82 Å². The van der Waals surface area contributed by atoms with E-state index in [4.69, 9.17) is 9.05 Å². The summed E-state index contributed by atoms with van der Waals surface area (Å²) in [6, 6.07) is -0.916. The molecule has 80 heavy (non-hydrogen) atoms. The Labute approximate surface area is 495 Å². The third kappa shape index (κ3) is 62.8. The maximum absolute atomic E-state index is 13.0. The second-order valence-electron chi connectivity index (χ2n) is 23.4. The van der Waals surface area contributed by atoms with Gasteiger partial charge in [0, 0.05) is 6.42 Å². The summed E-state index contributed by atoms with van der Waals surface area (Å²) in [5.41, 5.74) is 0. The zero-order chi connectivity index (χ0) is 58.4. The van der Waals surface area contributed by atoms with E-state index in [0.717, 1.165) is 83.5 Å². The van der Waals surface area contributed by atoms with E-state index in [0.29, 0.717) is 17.4 Å². The lowest BCUT2D eigenvalue weighted by Crippen LogP contribution is -2.45. The summed E-state index contributed by atoms with van der Waals surface area (Å²) in [7, 11) is 1.23. The van der Waals surface area contributed by atoms with Gasteiger partial charge in [-0.15, -0.1) is 0 Å². The summed E-state index contributed by atoms with van der Waals surface area (Å²) in [5.74, 6) is -0.212. The Hall–Kier alpha value is -2.84. The number of hydrogen-bond donors (Lipinski definition) is 2. The average Bonchev–Trinajstić information content (AvgIpc) is 3.42. The molecule has 462 valence electrons. The molecule has 0 aliphatic rings. The fraction of sp³-hybridized carbons (Fsp3) is 0.732. The molecule has 0 heterocycles. The Kier molecular flexibility index (Phi) is 58.6. The Balaban J connectivity index is 4.14. The Morgan fingerprint density at radius 3 is 1.16 bits per heavy atom. The second kappa shape index (κ2) is 60.7. The maximum Gasteiger partial charge on any atom is 0.268 e. The molecule has 3 atom stereocenters. The largest absolute Gasteiger partial charge is 0.756 e. The van der Waals surface area contributed by atoms with Gasteiger partial charge in [0.15, 0.2) is 0 Å². The van der Waals surface area contributed by atoms with Crippen molar-refractivity contribution < 1.29 is 32.9 Å². The lowest BCUT2D eigenvalue weighted by molar-refractivity contribution is -0.870. The van der Waals surface area contributed by atoms with Crippen molar-refractivity contribution in [2.75, 3.05) is 40.9 Å². The number of nitrogens with zero attached hydrogens (tertiary/aromatic N) is 1. The molecule has 2 N–H and O–H groups in total. The van der Waals surface area contributed by atoms with Crippen molar-refractivity contribution in [3.63, 3.8) is 0 Å². The lowest BCUT2D eigenvalue weighted by atomic mass is 10.0. The average molecular weight is 1140 g/mol. The number of aliphatic hydroxyl groups excluding tert-OH is 1. The van der Waals surface area contributed by atoms with Crippen LogP contribution in [0.3, 0.4) is 0 Å². The Morgan fingerprint density at radius 2 is 0.775 bits per heavy atom. The highest BCUT2D eigenvalue weighted by Gasteiger charge is 2.23. The quantitative estimate of drug-likeness (QED) is 0.0272. The van der Waals surface area contributed by atoms with Gasteiger partial charge in [-0.05, 0) is 96.3 Å². The third-order valence-electron chi connectivity index (χ3n) is 14.4. The summed E-state index contributed by atoms with van der Waals surface area (Å²) in [6.45, 7) is 4.52. The molecule has 0 radical (unpaired) electrons. The molecule has 0 saturated carbocycles. The van der Waals surface area contributed by atoms with Gasteiger partial charge >= 0.3 is 0 Å². The molecule has 0 aromatic heterocycles. The van der Waals surface area contributed by atoms with Crippen LogP contribution in [0.1, 0.15) is 284 Å². The summed E-state index contributed by atoms with van der Waals surface area (Å²) in [4.78, 5) is 25.6. The van der Waals surface area contributed by atoms with Crippen LogP contribution in [0.2, 0.25) is 0 Å². The van der Waals surface area contributed by atoms with E-state index >= 15 is 0 Å². The van der Waals surface area contributed by atoms with Crippen LogP contribution >= 0.6 is 7.82 Å². The van der Waals surface area contributed by atoms with E-state index in [9.17, 15) is 19.4 Å². The minimum absolute atomic E-state index is 0.0124. The van der Waals surface area contributed by atoms with E-state index in [1.807, 2.05) is 27.2 Å². The number of rotatable bonds is 60. The topological polar surface area (TPSA) is 108 Å². The first kappa shape index (κ1) is 77.2. The van der Waals surface area contributed by atoms with Gasteiger partial charge in [0.05, 0.1) is 39.9 Å². The predicted octanol–water partition coefficient (Wildman–Crippen LogP) is 20.5. The van der Waals surface area contributed by atoms with Crippen molar-refractivity contribution in [3.05, 3.63) is 109 Å². The normalized spacial score (nSPS) is 14.4. The molecule has 0 saturated heterocycles. The van der Waals surface area contributed by atoms with Gasteiger partial charge in [0.1, 0.15) is 13.2 Å². The van der Waals surface area contributed by atoms with Crippen LogP contribution in [0, 0.1) is 0 Å².